The molecule has 7 rings (SSSR count). The molecule has 4 aromatic carbocycles. The van der Waals surface area contributed by atoms with Crippen LogP contribution in [0.25, 0.3) is 0 Å². The van der Waals surface area contributed by atoms with Crippen LogP contribution in [0.4, 0.5) is 43.9 Å². The van der Waals surface area contributed by atoms with E-state index in [0.29, 0.717) is 52.1 Å². The first-order chi connectivity index (χ1) is 26.4. The van der Waals surface area contributed by atoms with Gasteiger partial charge in [-0.1, -0.05) is 66.2 Å². The number of hydrogen-bond acceptors (Lipinski definition) is 2. The van der Waals surface area contributed by atoms with Crippen molar-refractivity contribution in [1.82, 2.24) is 4.74 Å². The number of aryl methyl sites for hydroxylation is 6. The Bertz CT molecular complexity index is 2080. The van der Waals surface area contributed by atoms with Gasteiger partial charge in [-0.05, 0) is 95.9 Å². The maximum Gasteiger partial charge on any atom is 0.212 e. The van der Waals surface area contributed by atoms with Crippen LogP contribution in [0.15, 0.2) is 36.4 Å². The van der Waals surface area contributed by atoms with Crippen LogP contribution >= 0.6 is 7.41 Å². The SMILES string of the molecule is Cc1cc(C)c([P+]2(c3c(C)cc(C)cc3C)[C@@H]3CCCC[C@H]3[B-](c3c(F)c(F)c(F)c(F)c3F)(c3c(F)c(F)c(F)c(F)c3F)N2O[C@@H]2C=CCCC2)c(C)c1. The molecule has 0 unspecified atom stereocenters. The van der Waals surface area contributed by atoms with Crippen molar-refractivity contribution in [3.8, 4) is 0 Å². The largest absolute Gasteiger partial charge is 0.299 e. The molecule has 3 atom stereocenters. The van der Waals surface area contributed by atoms with Crippen molar-refractivity contribution in [2.75, 3.05) is 0 Å². The van der Waals surface area contributed by atoms with E-state index in [1.165, 1.54) is 0 Å². The van der Waals surface area contributed by atoms with Crippen molar-refractivity contribution >= 4 is 35.2 Å². The minimum Gasteiger partial charge on any atom is -0.299 e. The van der Waals surface area contributed by atoms with Crippen LogP contribution in [0.2, 0.25) is 5.82 Å². The van der Waals surface area contributed by atoms with Gasteiger partial charge in [0.25, 0.3) is 0 Å². The van der Waals surface area contributed by atoms with Gasteiger partial charge < -0.3 is 0 Å². The van der Waals surface area contributed by atoms with E-state index < -0.39 is 100 Å². The lowest BCUT2D eigenvalue weighted by atomic mass is 9.20. The quantitative estimate of drug-likeness (QED) is 0.0481. The molecular formula is C42H41BF10NOP. The van der Waals surface area contributed by atoms with Crippen molar-refractivity contribution in [3.05, 3.63) is 128 Å². The van der Waals surface area contributed by atoms with Crippen molar-refractivity contribution < 1.29 is 48.7 Å². The van der Waals surface area contributed by atoms with E-state index in [4.69, 9.17) is 4.84 Å². The van der Waals surface area contributed by atoms with Crippen LogP contribution in [0.1, 0.15) is 78.3 Å². The van der Waals surface area contributed by atoms with E-state index in [0.717, 1.165) is 15.9 Å². The second-order valence-electron chi connectivity index (χ2n) is 15.9. The number of allylic oxidation sites excluding steroid dienone is 1. The second kappa shape index (κ2) is 14.6. The molecule has 3 aliphatic rings. The van der Waals surface area contributed by atoms with E-state index in [1.54, 1.807) is 39.8 Å². The number of nitrogens with zero attached hydrogens (tertiary/aromatic N) is 1. The first kappa shape index (κ1) is 40.5. The van der Waals surface area contributed by atoms with Crippen LogP contribution in [0.5, 0.6) is 0 Å². The van der Waals surface area contributed by atoms with Gasteiger partial charge in [0.05, 0.1) is 11.8 Å². The fraction of sp³-hybridized carbons (Fsp3) is 0.381. The Labute approximate surface area is 320 Å². The fourth-order valence-corrected chi connectivity index (χ4v) is 17.6. The van der Waals surface area contributed by atoms with Crippen LogP contribution in [0, 0.1) is 99.7 Å². The Balaban J connectivity index is 1.84. The minimum absolute atomic E-state index is 0.125. The van der Waals surface area contributed by atoms with Crippen molar-refractivity contribution in [1.29, 1.82) is 0 Å². The summed E-state index contributed by atoms with van der Waals surface area (Å²) in [7, 11) is -3.91. The van der Waals surface area contributed by atoms with E-state index in [-0.39, 0.29) is 25.7 Å². The molecule has 0 bridgehead atoms. The summed E-state index contributed by atoms with van der Waals surface area (Å²) in [4.78, 5) is 6.99. The first-order valence-electron chi connectivity index (χ1n) is 18.8. The third-order valence-electron chi connectivity index (χ3n) is 12.3. The molecule has 1 heterocycles. The van der Waals surface area contributed by atoms with E-state index >= 15 is 35.1 Å². The molecule has 2 aliphatic carbocycles. The summed E-state index contributed by atoms with van der Waals surface area (Å²) in [6, 6.07) is 7.46. The van der Waals surface area contributed by atoms with Gasteiger partial charge in [0.15, 0.2) is 34.9 Å². The number of rotatable bonds is 6. The zero-order chi connectivity index (χ0) is 40.8. The topological polar surface area (TPSA) is 12.5 Å². The van der Waals surface area contributed by atoms with Gasteiger partial charge in [0, 0.05) is 0 Å². The molecule has 1 saturated heterocycles. The average molecular weight is 808 g/mol. The zero-order valence-corrected chi connectivity index (χ0v) is 32.7. The molecule has 1 aliphatic heterocycles. The normalized spacial score (nSPS) is 21.8. The average Bonchev–Trinajstić information content (AvgIpc) is 3.37. The van der Waals surface area contributed by atoms with Gasteiger partial charge in [-0.2, -0.15) is 0 Å². The summed E-state index contributed by atoms with van der Waals surface area (Å²) in [5.41, 5.74) is 0.00946. The van der Waals surface area contributed by atoms with E-state index in [2.05, 4.69) is 0 Å². The molecule has 2 nitrogen and oxygen atoms in total. The lowest BCUT2D eigenvalue weighted by Crippen LogP contribution is -2.74. The van der Waals surface area contributed by atoms with Crippen LogP contribution < -0.4 is 21.5 Å². The summed E-state index contributed by atoms with van der Waals surface area (Å²) in [5, 5.41) is 1.15. The zero-order valence-electron chi connectivity index (χ0n) is 31.8. The summed E-state index contributed by atoms with van der Waals surface area (Å²) >= 11 is 0. The maximum absolute atomic E-state index is 17.0. The Morgan fingerprint density at radius 1 is 0.536 bits per heavy atom. The number of fused-ring (bicyclic) bond motifs is 1. The molecule has 298 valence electrons. The van der Waals surface area contributed by atoms with Crippen molar-refractivity contribution in [3.63, 3.8) is 0 Å². The highest BCUT2D eigenvalue weighted by Crippen LogP contribution is 2.79. The Morgan fingerprint density at radius 3 is 1.32 bits per heavy atom. The van der Waals surface area contributed by atoms with Gasteiger partial charge in [-0.3, -0.25) is 4.84 Å². The van der Waals surface area contributed by atoms with Gasteiger partial charge in [0.2, 0.25) is 6.28 Å². The van der Waals surface area contributed by atoms with Crippen LogP contribution in [0.3, 0.4) is 0 Å². The van der Waals surface area contributed by atoms with Gasteiger partial charge >= 0.3 is 0 Å². The van der Waals surface area contributed by atoms with Crippen LogP contribution in [-0.4, -0.2) is 22.8 Å². The molecule has 56 heavy (non-hydrogen) atoms. The van der Waals surface area contributed by atoms with E-state index in [1.807, 2.05) is 38.1 Å². The molecule has 0 amide bonds. The summed E-state index contributed by atoms with van der Waals surface area (Å²) in [5.74, 6) is -25.9. The number of halogens is 10. The smallest absolute Gasteiger partial charge is 0.212 e. The lowest BCUT2D eigenvalue weighted by Gasteiger charge is -2.51. The van der Waals surface area contributed by atoms with Crippen LogP contribution in [-0.2, 0) is 4.84 Å². The standard InChI is InChI=1S/C42H41BF10NOP/c1-20-16-22(3)41(23(4)17-20)56(42-24(5)18-21(2)19-25(42)6)28-15-11-10-14-27(28)43(54(56)55-26-12-8-7-9-13-26,29-31(44)35(48)39(52)36(49)32(29)45)30-33(46)37(50)40(53)38(51)34(30)47/h8,12,16-19,26-28H,7,9-11,13-15H2,1-6H3/t26-,27-,28-/m1/s1. The molecular weight excluding hydrogens is 766 g/mol. The van der Waals surface area contributed by atoms with Gasteiger partial charge in [-0.25, -0.2) is 48.6 Å². The van der Waals surface area contributed by atoms with Crippen molar-refractivity contribution in [2.24, 2.45) is 0 Å². The monoisotopic (exact) mass is 807 g/mol. The van der Waals surface area contributed by atoms with Crippen molar-refractivity contribution in [2.45, 2.75) is 104 Å². The predicted molar refractivity (Wildman–Crippen MR) is 201 cm³/mol. The molecule has 4 aromatic rings. The molecule has 1 saturated carbocycles. The summed E-state index contributed by atoms with van der Waals surface area (Å²) in [6.07, 6.45) is 0.188. The number of hydrogen-bond donors (Lipinski definition) is 0. The lowest BCUT2D eigenvalue weighted by molar-refractivity contribution is -0.0621. The number of benzene rings is 4. The Hall–Kier alpha value is -3.67. The highest BCUT2D eigenvalue weighted by molar-refractivity contribution is 7.91. The molecule has 0 aromatic heterocycles. The summed E-state index contributed by atoms with van der Waals surface area (Å²) in [6.45, 7) is 10.9. The van der Waals surface area contributed by atoms with E-state index in [9.17, 15) is 8.78 Å². The third-order valence-corrected chi connectivity index (χ3v) is 17.8. The highest BCUT2D eigenvalue weighted by atomic mass is 31.2. The molecule has 2 fully saturated rings. The highest BCUT2D eigenvalue weighted by Gasteiger charge is 2.75. The Morgan fingerprint density at radius 2 is 0.929 bits per heavy atom. The van der Waals surface area contributed by atoms with Gasteiger partial charge in [-0.15, -0.1) is 10.9 Å². The summed E-state index contributed by atoms with van der Waals surface area (Å²) < 4.78 is 162. The first-order valence-corrected chi connectivity index (χ1v) is 20.6. The molecule has 0 N–H and O–H groups in total. The molecule has 0 spiro atoms. The minimum atomic E-state index is -4.48. The molecule has 0 radical (unpaired) electrons. The third kappa shape index (κ3) is 5.64. The fourth-order valence-electron chi connectivity index (χ4n) is 10.8. The predicted octanol–water partition coefficient (Wildman–Crippen LogP) is 10.2. The maximum atomic E-state index is 17.0. The second-order valence-corrected chi connectivity index (χ2v) is 19.2. The Kier molecular flexibility index (Phi) is 10.6. The molecule has 14 heteroatoms. The van der Waals surface area contributed by atoms with Gasteiger partial charge in [0.1, 0.15) is 41.3 Å².